The summed E-state index contributed by atoms with van der Waals surface area (Å²) >= 11 is 0. The van der Waals surface area contributed by atoms with Crippen LogP contribution in [-0.2, 0) is 11.2 Å². The van der Waals surface area contributed by atoms with Crippen molar-refractivity contribution in [2.75, 3.05) is 6.61 Å². The van der Waals surface area contributed by atoms with E-state index in [1.54, 1.807) is 0 Å². The first-order chi connectivity index (χ1) is 7.22. The summed E-state index contributed by atoms with van der Waals surface area (Å²) in [6.45, 7) is 2.40. The van der Waals surface area contributed by atoms with E-state index < -0.39 is 11.9 Å². The molecule has 5 nitrogen and oxygen atoms in total. The molecule has 0 saturated carbocycles. The van der Waals surface area contributed by atoms with Gasteiger partial charge < -0.3 is 14.8 Å². The fraction of sp³-hybridized carbons (Fsp3) is 0.600. The molecule has 1 aliphatic rings. The van der Waals surface area contributed by atoms with E-state index in [9.17, 15) is 4.79 Å². The van der Waals surface area contributed by atoms with E-state index in [1.807, 2.05) is 6.92 Å². The van der Waals surface area contributed by atoms with Crippen LogP contribution in [0.25, 0.3) is 0 Å². The number of hydrogen-bond donors (Lipinski definition) is 2. The lowest BCUT2D eigenvalue weighted by Gasteiger charge is -2.16. The normalized spacial score (nSPS) is 19.7. The van der Waals surface area contributed by atoms with Gasteiger partial charge in [0.05, 0.1) is 12.3 Å². The van der Waals surface area contributed by atoms with Gasteiger partial charge in [0.1, 0.15) is 5.92 Å². The van der Waals surface area contributed by atoms with E-state index in [-0.39, 0.29) is 0 Å². The summed E-state index contributed by atoms with van der Waals surface area (Å²) in [5.74, 6) is -1.27. The number of aryl methyl sites for hydroxylation is 1. The molecular weight excluding hydrogens is 196 g/mol. The van der Waals surface area contributed by atoms with E-state index in [0.717, 1.165) is 18.5 Å². The first-order valence-corrected chi connectivity index (χ1v) is 5.16. The fourth-order valence-corrected chi connectivity index (χ4v) is 1.94. The largest absolute Gasteiger partial charge is 0.481 e. The van der Waals surface area contributed by atoms with Crippen LogP contribution < -0.4 is 4.74 Å². The standard InChI is InChI=1S/C10H14N2O3/c1-2-15-10-11-7-5-3-4-6(9(13)14)8(7)12-10/h6H,2-5H2,1H3,(H,11,12)(H,13,14). The number of nitrogens with zero attached hydrogens (tertiary/aromatic N) is 1. The minimum Gasteiger partial charge on any atom is -0.481 e. The highest BCUT2D eigenvalue weighted by molar-refractivity contribution is 5.76. The number of aliphatic carboxylic acids is 1. The number of imidazole rings is 1. The van der Waals surface area contributed by atoms with Crippen molar-refractivity contribution in [3.05, 3.63) is 11.4 Å². The van der Waals surface area contributed by atoms with Crippen molar-refractivity contribution in [2.24, 2.45) is 0 Å². The molecule has 0 saturated heterocycles. The number of rotatable bonds is 3. The fourth-order valence-electron chi connectivity index (χ4n) is 1.94. The number of carboxylic acids is 1. The van der Waals surface area contributed by atoms with Crippen LogP contribution in [0, 0.1) is 0 Å². The van der Waals surface area contributed by atoms with Gasteiger partial charge >= 0.3 is 5.97 Å². The molecule has 1 atom stereocenters. The summed E-state index contributed by atoms with van der Waals surface area (Å²) in [7, 11) is 0. The highest BCUT2D eigenvalue weighted by Crippen LogP contribution is 2.31. The molecule has 0 aromatic carbocycles. The number of carboxylic acid groups (broad SMARTS) is 1. The van der Waals surface area contributed by atoms with Crippen LogP contribution in [0.5, 0.6) is 6.01 Å². The minimum absolute atomic E-state index is 0.440. The molecule has 2 N–H and O–H groups in total. The number of fused-ring (bicyclic) bond motifs is 1. The van der Waals surface area contributed by atoms with Gasteiger partial charge in [-0.15, -0.1) is 0 Å². The van der Waals surface area contributed by atoms with Crippen molar-refractivity contribution in [2.45, 2.75) is 32.1 Å². The predicted molar refractivity (Wildman–Crippen MR) is 53.1 cm³/mol. The van der Waals surface area contributed by atoms with Crippen molar-refractivity contribution in [3.8, 4) is 6.01 Å². The molecule has 0 radical (unpaired) electrons. The number of aromatic amines is 1. The molecule has 0 amide bonds. The van der Waals surface area contributed by atoms with E-state index in [0.29, 0.717) is 24.7 Å². The zero-order chi connectivity index (χ0) is 10.8. The van der Waals surface area contributed by atoms with Gasteiger partial charge in [-0.05, 0) is 26.2 Å². The summed E-state index contributed by atoms with van der Waals surface area (Å²) in [5, 5.41) is 9.03. The van der Waals surface area contributed by atoms with E-state index >= 15 is 0 Å². The van der Waals surface area contributed by atoms with E-state index in [1.165, 1.54) is 0 Å². The summed E-state index contributed by atoms with van der Waals surface area (Å²) in [5.41, 5.74) is 1.56. The Bertz CT molecular complexity index is 373. The Morgan fingerprint density at radius 3 is 3.20 bits per heavy atom. The number of aromatic nitrogens is 2. The van der Waals surface area contributed by atoms with Gasteiger partial charge in [-0.3, -0.25) is 4.79 Å². The van der Waals surface area contributed by atoms with Gasteiger partial charge in [-0.1, -0.05) is 0 Å². The molecule has 82 valence electrons. The van der Waals surface area contributed by atoms with Gasteiger partial charge in [0.2, 0.25) is 0 Å². The van der Waals surface area contributed by atoms with Crippen LogP contribution in [0.4, 0.5) is 0 Å². The molecule has 0 spiro atoms. The maximum absolute atomic E-state index is 11.0. The van der Waals surface area contributed by atoms with Crippen LogP contribution in [0.15, 0.2) is 0 Å². The van der Waals surface area contributed by atoms with Crippen molar-refractivity contribution in [1.29, 1.82) is 0 Å². The van der Waals surface area contributed by atoms with Crippen LogP contribution in [0.2, 0.25) is 0 Å². The number of hydrogen-bond acceptors (Lipinski definition) is 3. The van der Waals surface area contributed by atoms with Crippen molar-refractivity contribution >= 4 is 5.97 Å². The average molecular weight is 210 g/mol. The number of nitrogens with one attached hydrogen (secondary N) is 1. The quantitative estimate of drug-likeness (QED) is 0.788. The topological polar surface area (TPSA) is 75.2 Å². The third kappa shape index (κ3) is 1.82. The Morgan fingerprint density at radius 2 is 2.53 bits per heavy atom. The average Bonchev–Trinajstić information content (AvgIpc) is 2.59. The third-order valence-corrected chi connectivity index (χ3v) is 2.62. The van der Waals surface area contributed by atoms with Crippen molar-refractivity contribution in [3.63, 3.8) is 0 Å². The molecule has 1 aromatic heterocycles. The first-order valence-electron chi connectivity index (χ1n) is 5.16. The molecule has 1 aliphatic carbocycles. The Morgan fingerprint density at radius 1 is 1.73 bits per heavy atom. The van der Waals surface area contributed by atoms with Crippen LogP contribution in [-0.4, -0.2) is 27.7 Å². The zero-order valence-electron chi connectivity index (χ0n) is 8.62. The lowest BCUT2D eigenvalue weighted by molar-refractivity contribution is -0.139. The van der Waals surface area contributed by atoms with Gasteiger partial charge in [-0.2, -0.15) is 4.98 Å². The highest BCUT2D eigenvalue weighted by atomic mass is 16.5. The molecule has 0 aliphatic heterocycles. The lowest BCUT2D eigenvalue weighted by Crippen LogP contribution is -2.17. The Kier molecular flexibility index (Phi) is 2.62. The highest BCUT2D eigenvalue weighted by Gasteiger charge is 2.29. The summed E-state index contributed by atoms with van der Waals surface area (Å²) in [6.07, 6.45) is 2.41. The minimum atomic E-state index is -0.800. The zero-order valence-corrected chi connectivity index (χ0v) is 8.62. The van der Waals surface area contributed by atoms with Gasteiger partial charge in [0, 0.05) is 5.69 Å². The molecule has 1 aromatic rings. The second-order valence-electron chi connectivity index (χ2n) is 3.62. The molecule has 2 rings (SSSR count). The summed E-state index contributed by atoms with van der Waals surface area (Å²) < 4.78 is 5.23. The molecule has 1 unspecified atom stereocenters. The number of carbonyl (C=O) groups is 1. The number of ether oxygens (including phenoxy) is 1. The smallest absolute Gasteiger partial charge is 0.312 e. The Labute approximate surface area is 87.5 Å². The second kappa shape index (κ2) is 3.92. The van der Waals surface area contributed by atoms with Gasteiger partial charge in [0.15, 0.2) is 0 Å². The molecule has 0 fully saturated rings. The summed E-state index contributed by atoms with van der Waals surface area (Å²) in [4.78, 5) is 18.2. The molecule has 0 bridgehead atoms. The van der Waals surface area contributed by atoms with Crippen LogP contribution in [0.1, 0.15) is 37.1 Å². The predicted octanol–water partition coefficient (Wildman–Crippen LogP) is 1.31. The lowest BCUT2D eigenvalue weighted by atomic mass is 9.90. The van der Waals surface area contributed by atoms with E-state index in [2.05, 4.69) is 9.97 Å². The first kappa shape index (κ1) is 10.0. The van der Waals surface area contributed by atoms with Crippen LogP contribution in [0.3, 0.4) is 0 Å². The second-order valence-corrected chi connectivity index (χ2v) is 3.62. The Hall–Kier alpha value is -1.52. The van der Waals surface area contributed by atoms with Gasteiger partial charge in [-0.25, -0.2) is 0 Å². The summed E-state index contributed by atoms with van der Waals surface area (Å²) in [6, 6.07) is 0.440. The number of H-pyrrole nitrogens is 1. The Balaban J connectivity index is 2.30. The maximum atomic E-state index is 11.0. The van der Waals surface area contributed by atoms with Crippen molar-refractivity contribution < 1.29 is 14.6 Å². The van der Waals surface area contributed by atoms with Crippen LogP contribution >= 0.6 is 0 Å². The third-order valence-electron chi connectivity index (χ3n) is 2.62. The van der Waals surface area contributed by atoms with Gasteiger partial charge in [0.25, 0.3) is 6.01 Å². The molecular formula is C10H14N2O3. The van der Waals surface area contributed by atoms with Crippen molar-refractivity contribution in [1.82, 2.24) is 9.97 Å². The molecule has 15 heavy (non-hydrogen) atoms. The molecule has 1 heterocycles. The SMILES string of the molecule is CCOc1nc2c([nH]1)CCCC2C(=O)O. The van der Waals surface area contributed by atoms with E-state index in [4.69, 9.17) is 9.84 Å². The maximum Gasteiger partial charge on any atom is 0.312 e. The monoisotopic (exact) mass is 210 g/mol. The molecule has 5 heteroatoms.